The van der Waals surface area contributed by atoms with Crippen molar-refractivity contribution in [1.82, 2.24) is 5.32 Å². The molecule has 1 atom stereocenters. The molecule has 0 bridgehead atoms. The zero-order valence-corrected chi connectivity index (χ0v) is 20.5. The Balaban J connectivity index is 1.47. The fourth-order valence-corrected chi connectivity index (χ4v) is 7.11. The Morgan fingerprint density at radius 3 is 2.03 bits per heavy atom. The van der Waals surface area contributed by atoms with E-state index in [0.717, 1.165) is 5.75 Å². The van der Waals surface area contributed by atoms with Gasteiger partial charge in [-0.25, -0.2) is 4.79 Å². The third kappa shape index (κ3) is 4.97. The standard InChI is InChI=1S/C27H27NO3S2/c1-27(2,24(26(30)31-3)28-25(29)18-11-5-4-6-12-18)33-32-17-23-21-15-9-7-13-19(21)20-14-8-10-16-22(20)23/h4-16,23-24H,17H2,1-3H3,(H,28,29)/t24-/m0/s1. The van der Waals surface area contributed by atoms with Gasteiger partial charge in [0, 0.05) is 17.2 Å². The summed E-state index contributed by atoms with van der Waals surface area (Å²) in [6.07, 6.45) is 0. The summed E-state index contributed by atoms with van der Waals surface area (Å²) in [5.41, 5.74) is 5.79. The van der Waals surface area contributed by atoms with E-state index in [2.05, 4.69) is 53.8 Å². The third-order valence-corrected chi connectivity index (χ3v) is 9.22. The van der Waals surface area contributed by atoms with E-state index in [9.17, 15) is 9.59 Å². The van der Waals surface area contributed by atoms with Gasteiger partial charge in [-0.15, -0.1) is 0 Å². The molecule has 0 saturated heterocycles. The highest BCUT2D eigenvalue weighted by atomic mass is 33.1. The Hall–Kier alpha value is -2.70. The summed E-state index contributed by atoms with van der Waals surface area (Å²) < 4.78 is 4.45. The predicted molar refractivity (Wildman–Crippen MR) is 138 cm³/mol. The lowest BCUT2D eigenvalue weighted by Crippen LogP contribution is -2.52. The summed E-state index contributed by atoms with van der Waals surface area (Å²) in [6, 6.07) is 25.2. The van der Waals surface area contributed by atoms with Gasteiger partial charge < -0.3 is 10.1 Å². The Bertz CT molecular complexity index is 1100. The molecule has 0 saturated carbocycles. The summed E-state index contributed by atoms with van der Waals surface area (Å²) >= 11 is 0. The molecule has 3 aromatic rings. The van der Waals surface area contributed by atoms with Gasteiger partial charge in [-0.3, -0.25) is 4.79 Å². The number of nitrogens with one attached hydrogen (secondary N) is 1. The van der Waals surface area contributed by atoms with E-state index < -0.39 is 16.8 Å². The number of hydrogen-bond donors (Lipinski definition) is 1. The number of carbonyl (C=O) groups excluding carboxylic acids is 2. The molecule has 6 heteroatoms. The molecule has 0 aromatic heterocycles. The van der Waals surface area contributed by atoms with Crippen LogP contribution in [0.5, 0.6) is 0 Å². The smallest absolute Gasteiger partial charge is 0.329 e. The molecular weight excluding hydrogens is 450 g/mol. The van der Waals surface area contributed by atoms with Crippen molar-refractivity contribution in [2.45, 2.75) is 30.6 Å². The molecule has 1 aliphatic rings. The second-order valence-electron chi connectivity index (χ2n) is 8.49. The molecule has 0 radical (unpaired) electrons. The van der Waals surface area contributed by atoms with Crippen molar-refractivity contribution in [3.05, 3.63) is 95.6 Å². The van der Waals surface area contributed by atoms with Crippen LogP contribution in [0, 0.1) is 0 Å². The van der Waals surface area contributed by atoms with Crippen molar-refractivity contribution in [2.24, 2.45) is 0 Å². The Kier molecular flexibility index (Phi) is 7.15. The van der Waals surface area contributed by atoms with Crippen LogP contribution in [0.2, 0.25) is 0 Å². The van der Waals surface area contributed by atoms with Crippen LogP contribution in [0.15, 0.2) is 78.9 Å². The number of carbonyl (C=O) groups is 2. The van der Waals surface area contributed by atoms with E-state index in [1.54, 1.807) is 45.9 Å². The minimum atomic E-state index is -0.782. The van der Waals surface area contributed by atoms with Gasteiger partial charge in [-0.2, -0.15) is 0 Å². The van der Waals surface area contributed by atoms with Crippen molar-refractivity contribution in [1.29, 1.82) is 0 Å². The van der Waals surface area contributed by atoms with Crippen molar-refractivity contribution in [3.63, 3.8) is 0 Å². The van der Waals surface area contributed by atoms with Crippen LogP contribution in [-0.2, 0) is 9.53 Å². The molecule has 1 N–H and O–H groups in total. The maximum atomic E-state index is 12.7. The third-order valence-electron chi connectivity index (χ3n) is 5.91. The molecule has 4 rings (SSSR count). The lowest BCUT2D eigenvalue weighted by atomic mass is 9.99. The van der Waals surface area contributed by atoms with E-state index in [0.29, 0.717) is 11.5 Å². The van der Waals surface area contributed by atoms with Crippen LogP contribution in [0.4, 0.5) is 0 Å². The number of methoxy groups -OCH3 is 1. The van der Waals surface area contributed by atoms with Gasteiger partial charge in [-0.05, 0) is 48.2 Å². The summed E-state index contributed by atoms with van der Waals surface area (Å²) in [5.74, 6) is 0.418. The zero-order valence-electron chi connectivity index (χ0n) is 18.9. The highest BCUT2D eigenvalue weighted by Crippen LogP contribution is 2.48. The van der Waals surface area contributed by atoms with Gasteiger partial charge in [0.05, 0.1) is 11.9 Å². The van der Waals surface area contributed by atoms with Gasteiger partial charge in [0.2, 0.25) is 0 Å². The minimum absolute atomic E-state index is 0.289. The average Bonchev–Trinajstić information content (AvgIpc) is 3.16. The monoisotopic (exact) mass is 477 g/mol. The number of benzene rings is 3. The van der Waals surface area contributed by atoms with Crippen molar-refractivity contribution in [3.8, 4) is 11.1 Å². The van der Waals surface area contributed by atoms with Crippen molar-refractivity contribution < 1.29 is 14.3 Å². The fourth-order valence-electron chi connectivity index (χ4n) is 4.18. The number of amides is 1. The Morgan fingerprint density at radius 1 is 0.909 bits per heavy atom. The predicted octanol–water partition coefficient (Wildman–Crippen LogP) is 5.93. The molecule has 0 aliphatic heterocycles. The summed E-state index contributed by atoms with van der Waals surface area (Å²) in [4.78, 5) is 25.4. The first kappa shape index (κ1) is 23.5. The van der Waals surface area contributed by atoms with Crippen LogP contribution in [0.3, 0.4) is 0 Å². The molecule has 1 aliphatic carbocycles. The normalized spacial score (nSPS) is 13.7. The summed E-state index contributed by atoms with van der Waals surface area (Å²) in [7, 11) is 4.68. The maximum absolute atomic E-state index is 12.7. The van der Waals surface area contributed by atoms with Gasteiger partial charge in [-0.1, -0.05) is 88.3 Å². The first-order chi connectivity index (χ1) is 15.9. The number of hydrogen-bond acceptors (Lipinski definition) is 5. The van der Waals surface area contributed by atoms with E-state index in [-0.39, 0.29) is 5.91 Å². The molecule has 4 nitrogen and oxygen atoms in total. The first-order valence-electron chi connectivity index (χ1n) is 10.8. The summed E-state index contributed by atoms with van der Waals surface area (Å²) in [6.45, 7) is 3.93. The molecule has 3 aromatic carbocycles. The van der Waals surface area contributed by atoms with E-state index in [1.165, 1.54) is 29.4 Å². The molecule has 170 valence electrons. The van der Waals surface area contributed by atoms with Gasteiger partial charge in [0.1, 0.15) is 6.04 Å². The summed E-state index contributed by atoms with van der Waals surface area (Å²) in [5, 5.41) is 2.89. The minimum Gasteiger partial charge on any atom is -0.467 e. The molecule has 0 fully saturated rings. The van der Waals surface area contributed by atoms with Gasteiger partial charge in [0.15, 0.2) is 0 Å². The fraction of sp³-hybridized carbons (Fsp3) is 0.259. The second kappa shape index (κ2) is 10.1. The Morgan fingerprint density at radius 2 is 1.45 bits per heavy atom. The molecule has 33 heavy (non-hydrogen) atoms. The molecule has 0 heterocycles. The van der Waals surface area contributed by atoms with Crippen LogP contribution in [-0.4, -0.2) is 35.5 Å². The average molecular weight is 478 g/mol. The van der Waals surface area contributed by atoms with Crippen LogP contribution in [0.1, 0.15) is 41.3 Å². The molecular formula is C27H27NO3S2. The van der Waals surface area contributed by atoms with Gasteiger partial charge in [0.25, 0.3) is 5.91 Å². The lowest BCUT2D eigenvalue weighted by Gasteiger charge is -2.32. The SMILES string of the molecule is COC(=O)[C@H](NC(=O)c1ccccc1)C(C)(C)SSCC1c2ccccc2-c2ccccc21. The number of rotatable bonds is 8. The molecule has 1 amide bonds. The molecule has 0 spiro atoms. The highest BCUT2D eigenvalue weighted by molar-refractivity contribution is 8.77. The topological polar surface area (TPSA) is 55.4 Å². The quantitative estimate of drug-likeness (QED) is 0.322. The molecule has 0 unspecified atom stereocenters. The largest absolute Gasteiger partial charge is 0.467 e. The van der Waals surface area contributed by atoms with Crippen LogP contribution < -0.4 is 5.32 Å². The number of fused-ring (bicyclic) bond motifs is 3. The van der Waals surface area contributed by atoms with E-state index in [1.807, 2.05) is 19.9 Å². The van der Waals surface area contributed by atoms with Crippen LogP contribution in [0.25, 0.3) is 11.1 Å². The highest BCUT2D eigenvalue weighted by Gasteiger charge is 2.39. The Labute approximate surface area is 202 Å². The van der Waals surface area contributed by atoms with Crippen LogP contribution >= 0.6 is 21.6 Å². The van der Waals surface area contributed by atoms with E-state index in [4.69, 9.17) is 4.74 Å². The van der Waals surface area contributed by atoms with Crippen molar-refractivity contribution in [2.75, 3.05) is 12.9 Å². The second-order valence-corrected chi connectivity index (χ2v) is 11.5. The number of ether oxygens (including phenoxy) is 1. The lowest BCUT2D eigenvalue weighted by molar-refractivity contribution is -0.143. The van der Waals surface area contributed by atoms with Gasteiger partial charge >= 0.3 is 5.97 Å². The maximum Gasteiger partial charge on any atom is 0.329 e. The van der Waals surface area contributed by atoms with E-state index >= 15 is 0 Å². The number of esters is 1. The van der Waals surface area contributed by atoms with Crippen molar-refractivity contribution >= 4 is 33.5 Å². The zero-order chi connectivity index (χ0) is 23.4. The first-order valence-corrected chi connectivity index (χ1v) is 13.2.